The average molecular weight is 425 g/mol. The number of methoxy groups -OCH3 is 2. The Hall–Kier alpha value is -3.55. The van der Waals surface area contributed by atoms with Crippen molar-refractivity contribution in [1.29, 1.82) is 0 Å². The second-order valence-electron chi connectivity index (χ2n) is 7.70. The van der Waals surface area contributed by atoms with Gasteiger partial charge in [0.2, 0.25) is 5.91 Å². The Morgan fingerprint density at radius 1 is 1.03 bits per heavy atom. The van der Waals surface area contributed by atoms with Gasteiger partial charge >= 0.3 is 6.03 Å². The van der Waals surface area contributed by atoms with E-state index < -0.39 is 18.0 Å². The molecule has 1 saturated heterocycles. The number of amides is 4. The summed E-state index contributed by atoms with van der Waals surface area (Å²) < 4.78 is 10.3. The van der Waals surface area contributed by atoms with Gasteiger partial charge in [-0.25, -0.2) is 9.69 Å². The Balaban J connectivity index is 1.81. The summed E-state index contributed by atoms with van der Waals surface area (Å²) in [7, 11) is 3.08. The zero-order chi connectivity index (χ0) is 22.5. The average Bonchev–Trinajstić information content (AvgIpc) is 2.97. The van der Waals surface area contributed by atoms with E-state index in [1.807, 2.05) is 13.8 Å². The standard InChI is InChI=1S/C23H27N3O5/c1-15(2)14-25-20(13-21(27)24-16-8-10-18(30-3)11-9-16)22(28)26(23(25)29)17-6-5-7-19(12-17)31-4/h5-12,15,20H,13-14H2,1-4H3,(H,24,27)/t20-/m0/s1. The lowest BCUT2D eigenvalue weighted by Crippen LogP contribution is -2.40. The monoisotopic (exact) mass is 425 g/mol. The first-order chi connectivity index (χ1) is 14.8. The fourth-order valence-electron chi connectivity index (χ4n) is 3.48. The highest BCUT2D eigenvalue weighted by atomic mass is 16.5. The van der Waals surface area contributed by atoms with Crippen molar-refractivity contribution in [3.05, 3.63) is 48.5 Å². The predicted octanol–water partition coefficient (Wildman–Crippen LogP) is 3.53. The van der Waals surface area contributed by atoms with Crippen LogP contribution in [0.1, 0.15) is 20.3 Å². The van der Waals surface area contributed by atoms with Gasteiger partial charge in [-0.3, -0.25) is 9.59 Å². The molecule has 1 N–H and O–H groups in total. The van der Waals surface area contributed by atoms with Crippen LogP contribution >= 0.6 is 0 Å². The summed E-state index contributed by atoms with van der Waals surface area (Å²) in [6.07, 6.45) is -0.135. The van der Waals surface area contributed by atoms with Crippen LogP contribution in [-0.4, -0.2) is 49.6 Å². The number of anilines is 2. The number of benzene rings is 2. The molecule has 0 aliphatic carbocycles. The van der Waals surface area contributed by atoms with Gasteiger partial charge in [0.15, 0.2) is 0 Å². The highest BCUT2D eigenvalue weighted by Gasteiger charge is 2.46. The summed E-state index contributed by atoms with van der Waals surface area (Å²) in [4.78, 5) is 41.6. The van der Waals surface area contributed by atoms with Crippen LogP contribution in [0, 0.1) is 5.92 Å². The molecule has 164 valence electrons. The van der Waals surface area contributed by atoms with E-state index in [4.69, 9.17) is 9.47 Å². The second kappa shape index (κ2) is 9.51. The van der Waals surface area contributed by atoms with Crippen molar-refractivity contribution in [2.24, 2.45) is 5.92 Å². The van der Waals surface area contributed by atoms with E-state index in [1.54, 1.807) is 55.6 Å². The van der Waals surface area contributed by atoms with Crippen molar-refractivity contribution < 1.29 is 23.9 Å². The predicted molar refractivity (Wildman–Crippen MR) is 117 cm³/mol. The van der Waals surface area contributed by atoms with E-state index in [0.717, 1.165) is 4.90 Å². The van der Waals surface area contributed by atoms with Crippen molar-refractivity contribution in [3.8, 4) is 11.5 Å². The molecule has 0 spiro atoms. The largest absolute Gasteiger partial charge is 0.497 e. The van der Waals surface area contributed by atoms with Crippen molar-refractivity contribution in [3.63, 3.8) is 0 Å². The highest BCUT2D eigenvalue weighted by Crippen LogP contribution is 2.30. The van der Waals surface area contributed by atoms with E-state index in [-0.39, 0.29) is 18.2 Å². The summed E-state index contributed by atoms with van der Waals surface area (Å²) in [6, 6.07) is 12.3. The molecule has 0 saturated carbocycles. The van der Waals surface area contributed by atoms with Gasteiger partial charge in [0, 0.05) is 18.3 Å². The zero-order valence-corrected chi connectivity index (χ0v) is 18.1. The first-order valence-electron chi connectivity index (χ1n) is 10.1. The van der Waals surface area contributed by atoms with Gasteiger partial charge in [0.05, 0.1) is 26.3 Å². The van der Waals surface area contributed by atoms with Crippen LogP contribution in [0.15, 0.2) is 48.5 Å². The molecule has 31 heavy (non-hydrogen) atoms. The molecule has 1 fully saturated rings. The lowest BCUT2D eigenvalue weighted by Gasteiger charge is -2.23. The molecule has 3 rings (SSSR count). The molecular weight excluding hydrogens is 398 g/mol. The van der Waals surface area contributed by atoms with Crippen molar-refractivity contribution in [2.75, 3.05) is 31.0 Å². The number of nitrogens with one attached hydrogen (secondary N) is 1. The topological polar surface area (TPSA) is 88.2 Å². The molecule has 0 aromatic heterocycles. The second-order valence-corrected chi connectivity index (χ2v) is 7.70. The Kier molecular flexibility index (Phi) is 6.79. The smallest absolute Gasteiger partial charge is 0.332 e. The third kappa shape index (κ3) is 4.96. The summed E-state index contributed by atoms with van der Waals surface area (Å²) in [5, 5.41) is 2.78. The fourth-order valence-corrected chi connectivity index (χ4v) is 3.48. The number of hydrogen-bond donors (Lipinski definition) is 1. The minimum atomic E-state index is -0.876. The van der Waals surface area contributed by atoms with Gasteiger partial charge in [-0.1, -0.05) is 19.9 Å². The van der Waals surface area contributed by atoms with Crippen LogP contribution in [0.4, 0.5) is 16.2 Å². The van der Waals surface area contributed by atoms with E-state index >= 15 is 0 Å². The van der Waals surface area contributed by atoms with Gasteiger partial charge in [0.25, 0.3) is 5.91 Å². The molecule has 0 bridgehead atoms. The molecule has 1 heterocycles. The molecule has 0 radical (unpaired) electrons. The van der Waals surface area contributed by atoms with Crippen molar-refractivity contribution >= 4 is 29.2 Å². The quantitative estimate of drug-likeness (QED) is 0.654. The van der Waals surface area contributed by atoms with Gasteiger partial charge in [-0.05, 0) is 42.3 Å². The Labute approximate surface area is 181 Å². The zero-order valence-electron chi connectivity index (χ0n) is 18.1. The maximum absolute atomic E-state index is 13.2. The number of carbonyl (C=O) groups excluding carboxylic acids is 3. The van der Waals surface area contributed by atoms with Crippen molar-refractivity contribution in [1.82, 2.24) is 4.90 Å². The normalized spacial score (nSPS) is 16.1. The summed E-state index contributed by atoms with van der Waals surface area (Å²) in [6.45, 7) is 4.28. The van der Waals surface area contributed by atoms with Crippen LogP contribution in [-0.2, 0) is 9.59 Å². The molecule has 0 unspecified atom stereocenters. The molecule has 1 aliphatic heterocycles. The molecule has 8 nitrogen and oxygen atoms in total. The Morgan fingerprint density at radius 2 is 1.71 bits per heavy atom. The minimum absolute atomic E-state index is 0.133. The van der Waals surface area contributed by atoms with Crippen LogP contribution in [0.3, 0.4) is 0 Å². The van der Waals surface area contributed by atoms with Crippen LogP contribution < -0.4 is 19.7 Å². The SMILES string of the molecule is COc1ccc(NC(=O)C[C@H]2C(=O)N(c3cccc(OC)c3)C(=O)N2CC(C)C)cc1. The Bertz CT molecular complexity index is 958. The van der Waals surface area contributed by atoms with Gasteiger partial charge in [-0.2, -0.15) is 0 Å². The molecule has 2 aromatic carbocycles. The van der Waals surface area contributed by atoms with E-state index in [0.29, 0.717) is 29.4 Å². The number of rotatable bonds is 8. The number of ether oxygens (including phenoxy) is 2. The number of urea groups is 1. The fraction of sp³-hybridized carbons (Fsp3) is 0.348. The van der Waals surface area contributed by atoms with Crippen LogP contribution in [0.2, 0.25) is 0 Å². The van der Waals surface area contributed by atoms with Crippen LogP contribution in [0.5, 0.6) is 11.5 Å². The lowest BCUT2D eigenvalue weighted by atomic mass is 10.1. The first-order valence-corrected chi connectivity index (χ1v) is 10.1. The number of imide groups is 1. The highest BCUT2D eigenvalue weighted by molar-refractivity contribution is 6.22. The van der Waals surface area contributed by atoms with E-state index in [2.05, 4.69) is 5.32 Å². The first kappa shape index (κ1) is 22.1. The van der Waals surface area contributed by atoms with Gasteiger partial charge in [0.1, 0.15) is 17.5 Å². The molecule has 4 amide bonds. The lowest BCUT2D eigenvalue weighted by molar-refractivity contribution is -0.124. The van der Waals surface area contributed by atoms with E-state index in [1.165, 1.54) is 12.0 Å². The summed E-state index contributed by atoms with van der Waals surface area (Å²) in [5.41, 5.74) is 1.00. The molecule has 1 atom stereocenters. The number of hydrogen-bond acceptors (Lipinski definition) is 5. The van der Waals surface area contributed by atoms with Gasteiger partial charge in [-0.15, -0.1) is 0 Å². The summed E-state index contributed by atoms with van der Waals surface area (Å²) >= 11 is 0. The molecule has 2 aromatic rings. The van der Waals surface area contributed by atoms with E-state index in [9.17, 15) is 14.4 Å². The number of nitrogens with zero attached hydrogens (tertiary/aromatic N) is 2. The van der Waals surface area contributed by atoms with Gasteiger partial charge < -0.3 is 19.7 Å². The van der Waals surface area contributed by atoms with Crippen molar-refractivity contribution in [2.45, 2.75) is 26.3 Å². The molecular formula is C23H27N3O5. The third-order valence-electron chi connectivity index (χ3n) is 4.94. The van der Waals surface area contributed by atoms with Crippen LogP contribution in [0.25, 0.3) is 0 Å². The maximum Gasteiger partial charge on any atom is 0.332 e. The molecule has 8 heteroatoms. The minimum Gasteiger partial charge on any atom is -0.497 e. The third-order valence-corrected chi connectivity index (χ3v) is 4.94. The number of carbonyl (C=O) groups is 3. The maximum atomic E-state index is 13.2. The summed E-state index contributed by atoms with van der Waals surface area (Å²) in [5.74, 6) is 0.566. The molecule has 1 aliphatic rings. The Morgan fingerprint density at radius 3 is 2.32 bits per heavy atom.